The van der Waals surface area contributed by atoms with E-state index < -0.39 is 0 Å². The van der Waals surface area contributed by atoms with Crippen molar-refractivity contribution in [3.8, 4) is 0 Å². The molecule has 0 radical (unpaired) electrons. The molecule has 0 fully saturated rings. The smallest absolute Gasteiger partial charge is 0.330 e. The Kier molecular flexibility index (Phi) is 3.92. The molecule has 1 aromatic carbocycles. The van der Waals surface area contributed by atoms with E-state index in [1.807, 2.05) is 31.2 Å². The number of hydrogen-bond donors (Lipinski definition) is 0. The van der Waals surface area contributed by atoms with E-state index in [-0.39, 0.29) is 5.97 Å². The fraction of sp³-hybridized carbons (Fsp3) is 0.250. The Labute approximate surface area is 84.2 Å². The van der Waals surface area contributed by atoms with Gasteiger partial charge in [-0.15, -0.1) is 0 Å². The standard InChI is InChI=1S/C12H14O2/c1-3-6-12(13)14-9-11-8-5-4-7-10(11)2/h3-8H,9H2,1-2H3. The van der Waals surface area contributed by atoms with E-state index in [1.54, 1.807) is 13.0 Å². The SMILES string of the molecule is CC=CC(=O)OCc1ccccc1C. The molecule has 74 valence electrons. The van der Waals surface area contributed by atoms with Crippen LogP contribution >= 0.6 is 0 Å². The highest BCUT2D eigenvalue weighted by molar-refractivity contribution is 5.81. The fourth-order valence-corrected chi connectivity index (χ4v) is 1.11. The maximum Gasteiger partial charge on any atom is 0.330 e. The predicted octanol–water partition coefficient (Wildman–Crippen LogP) is 2.61. The monoisotopic (exact) mass is 190 g/mol. The lowest BCUT2D eigenvalue weighted by Gasteiger charge is -2.04. The zero-order valence-electron chi connectivity index (χ0n) is 8.49. The van der Waals surface area contributed by atoms with Gasteiger partial charge in [0.15, 0.2) is 0 Å². The molecule has 0 saturated heterocycles. The number of ether oxygens (including phenoxy) is 1. The molecular formula is C12H14O2. The first kappa shape index (κ1) is 10.5. The summed E-state index contributed by atoms with van der Waals surface area (Å²) >= 11 is 0. The molecule has 0 heterocycles. The lowest BCUT2D eigenvalue weighted by atomic mass is 10.1. The van der Waals surface area contributed by atoms with Gasteiger partial charge >= 0.3 is 5.97 Å². The number of allylic oxidation sites excluding steroid dienone is 1. The molecule has 0 aliphatic carbocycles. The van der Waals surface area contributed by atoms with Crippen LogP contribution in [0.1, 0.15) is 18.1 Å². The molecule has 0 amide bonds. The van der Waals surface area contributed by atoms with Crippen LogP contribution in [-0.2, 0) is 16.1 Å². The molecule has 0 N–H and O–H groups in total. The maximum absolute atomic E-state index is 11.0. The van der Waals surface area contributed by atoms with E-state index in [1.165, 1.54) is 6.08 Å². The largest absolute Gasteiger partial charge is 0.458 e. The van der Waals surface area contributed by atoms with E-state index in [0.29, 0.717) is 6.61 Å². The second-order valence-corrected chi connectivity index (χ2v) is 3.03. The molecule has 14 heavy (non-hydrogen) atoms. The van der Waals surface area contributed by atoms with Gasteiger partial charge in [-0.1, -0.05) is 30.3 Å². The summed E-state index contributed by atoms with van der Waals surface area (Å²) in [6.45, 7) is 4.13. The highest BCUT2D eigenvalue weighted by atomic mass is 16.5. The summed E-state index contributed by atoms with van der Waals surface area (Å²) in [6, 6.07) is 7.86. The first-order valence-corrected chi connectivity index (χ1v) is 4.58. The minimum Gasteiger partial charge on any atom is -0.458 e. The number of carbonyl (C=O) groups excluding carboxylic acids is 1. The van der Waals surface area contributed by atoms with Crippen molar-refractivity contribution in [3.05, 3.63) is 47.5 Å². The molecule has 0 aliphatic heterocycles. The van der Waals surface area contributed by atoms with Gasteiger partial charge in [0.2, 0.25) is 0 Å². The molecule has 0 unspecified atom stereocenters. The lowest BCUT2D eigenvalue weighted by molar-refractivity contribution is -0.139. The third-order valence-electron chi connectivity index (χ3n) is 1.93. The van der Waals surface area contributed by atoms with Crippen LogP contribution < -0.4 is 0 Å². The molecule has 1 rings (SSSR count). The number of benzene rings is 1. The van der Waals surface area contributed by atoms with Crippen LogP contribution in [0.4, 0.5) is 0 Å². The Morgan fingerprint density at radius 1 is 1.43 bits per heavy atom. The molecule has 0 aliphatic rings. The van der Waals surface area contributed by atoms with Gasteiger partial charge in [0, 0.05) is 6.08 Å². The third-order valence-corrected chi connectivity index (χ3v) is 1.93. The lowest BCUT2D eigenvalue weighted by Crippen LogP contribution is -2.01. The van der Waals surface area contributed by atoms with Gasteiger partial charge in [-0.2, -0.15) is 0 Å². The second kappa shape index (κ2) is 5.22. The highest BCUT2D eigenvalue weighted by Gasteiger charge is 1.99. The number of hydrogen-bond acceptors (Lipinski definition) is 2. The second-order valence-electron chi connectivity index (χ2n) is 3.03. The summed E-state index contributed by atoms with van der Waals surface area (Å²) in [5.41, 5.74) is 2.19. The Bertz CT molecular complexity index is 340. The van der Waals surface area contributed by atoms with Crippen molar-refractivity contribution < 1.29 is 9.53 Å². The number of carbonyl (C=O) groups is 1. The maximum atomic E-state index is 11.0. The molecule has 0 atom stereocenters. The van der Waals surface area contributed by atoms with Crippen LogP contribution in [0.2, 0.25) is 0 Å². The minimum absolute atomic E-state index is 0.296. The van der Waals surface area contributed by atoms with E-state index in [2.05, 4.69) is 0 Å². The van der Waals surface area contributed by atoms with Crippen LogP contribution in [-0.4, -0.2) is 5.97 Å². The molecule has 0 spiro atoms. The third kappa shape index (κ3) is 3.05. The van der Waals surface area contributed by atoms with Gasteiger partial charge in [0.25, 0.3) is 0 Å². The van der Waals surface area contributed by atoms with Crippen molar-refractivity contribution in [1.82, 2.24) is 0 Å². The average molecular weight is 190 g/mol. The summed E-state index contributed by atoms with van der Waals surface area (Å²) in [4.78, 5) is 11.0. The molecule has 0 saturated carbocycles. The number of aryl methyl sites for hydroxylation is 1. The number of rotatable bonds is 3. The van der Waals surface area contributed by atoms with Crippen molar-refractivity contribution in [2.75, 3.05) is 0 Å². The minimum atomic E-state index is -0.296. The van der Waals surface area contributed by atoms with Gasteiger partial charge in [-0.3, -0.25) is 0 Å². The average Bonchev–Trinajstić information content (AvgIpc) is 2.17. The zero-order chi connectivity index (χ0) is 10.4. The normalized spacial score (nSPS) is 10.4. The van der Waals surface area contributed by atoms with E-state index in [0.717, 1.165) is 11.1 Å². The molecule has 0 bridgehead atoms. The Hall–Kier alpha value is -1.57. The summed E-state index contributed by atoms with van der Waals surface area (Å²) in [5, 5.41) is 0. The highest BCUT2D eigenvalue weighted by Crippen LogP contribution is 2.08. The van der Waals surface area contributed by atoms with Crippen molar-refractivity contribution >= 4 is 5.97 Å². The Morgan fingerprint density at radius 3 is 2.79 bits per heavy atom. The van der Waals surface area contributed by atoms with Gasteiger partial charge in [-0.25, -0.2) is 4.79 Å². The van der Waals surface area contributed by atoms with Crippen LogP contribution in [0, 0.1) is 6.92 Å². The van der Waals surface area contributed by atoms with Gasteiger partial charge in [0.1, 0.15) is 6.61 Å². The van der Waals surface area contributed by atoms with Crippen LogP contribution in [0.15, 0.2) is 36.4 Å². The van der Waals surface area contributed by atoms with Crippen molar-refractivity contribution in [2.45, 2.75) is 20.5 Å². The molecular weight excluding hydrogens is 176 g/mol. The van der Waals surface area contributed by atoms with Crippen molar-refractivity contribution in [2.24, 2.45) is 0 Å². The predicted molar refractivity (Wildman–Crippen MR) is 55.8 cm³/mol. The van der Waals surface area contributed by atoms with Crippen LogP contribution in [0.25, 0.3) is 0 Å². The van der Waals surface area contributed by atoms with Gasteiger partial charge < -0.3 is 4.74 Å². The van der Waals surface area contributed by atoms with Gasteiger partial charge in [-0.05, 0) is 25.0 Å². The van der Waals surface area contributed by atoms with Gasteiger partial charge in [0.05, 0.1) is 0 Å². The van der Waals surface area contributed by atoms with Crippen LogP contribution in [0.3, 0.4) is 0 Å². The molecule has 0 aromatic heterocycles. The molecule has 2 nitrogen and oxygen atoms in total. The fourth-order valence-electron chi connectivity index (χ4n) is 1.11. The molecule has 2 heteroatoms. The summed E-state index contributed by atoms with van der Waals surface area (Å²) in [5.74, 6) is -0.296. The number of esters is 1. The zero-order valence-corrected chi connectivity index (χ0v) is 8.49. The first-order valence-electron chi connectivity index (χ1n) is 4.58. The molecule has 1 aromatic rings. The Morgan fingerprint density at radius 2 is 2.14 bits per heavy atom. The first-order chi connectivity index (χ1) is 6.74. The quantitative estimate of drug-likeness (QED) is 0.541. The summed E-state index contributed by atoms with van der Waals surface area (Å²) in [6.07, 6.45) is 3.08. The topological polar surface area (TPSA) is 26.3 Å². The van der Waals surface area contributed by atoms with E-state index in [4.69, 9.17) is 4.74 Å². The van der Waals surface area contributed by atoms with Crippen molar-refractivity contribution in [3.63, 3.8) is 0 Å². The Balaban J connectivity index is 2.54. The summed E-state index contributed by atoms with van der Waals surface area (Å²) < 4.78 is 5.02. The summed E-state index contributed by atoms with van der Waals surface area (Å²) in [7, 11) is 0. The van der Waals surface area contributed by atoms with Crippen molar-refractivity contribution in [1.29, 1.82) is 0 Å². The van der Waals surface area contributed by atoms with E-state index in [9.17, 15) is 4.79 Å². The van der Waals surface area contributed by atoms with Crippen LogP contribution in [0.5, 0.6) is 0 Å². The van der Waals surface area contributed by atoms with E-state index >= 15 is 0 Å².